The van der Waals surface area contributed by atoms with Gasteiger partial charge >= 0.3 is 0 Å². The number of piperidine rings is 1. The van der Waals surface area contributed by atoms with Gasteiger partial charge in [0.05, 0.1) is 6.20 Å². The summed E-state index contributed by atoms with van der Waals surface area (Å²) in [4.78, 5) is 19.1. The van der Waals surface area contributed by atoms with Crippen molar-refractivity contribution in [3.63, 3.8) is 0 Å². The van der Waals surface area contributed by atoms with E-state index in [4.69, 9.17) is 0 Å². The molecule has 0 spiro atoms. The lowest BCUT2D eigenvalue weighted by molar-refractivity contribution is -0.137. The number of carbonyl (C=O) groups is 1. The first-order valence-corrected chi connectivity index (χ1v) is 8.20. The monoisotopic (exact) mass is 305 g/mol. The Labute approximate surface area is 132 Å². The quantitative estimate of drug-likeness (QED) is 0.797. The predicted octanol–water partition coefficient (Wildman–Crippen LogP) is 0.547. The second-order valence-corrected chi connectivity index (χ2v) is 6.85. The van der Waals surface area contributed by atoms with Gasteiger partial charge in [-0.2, -0.15) is 5.10 Å². The van der Waals surface area contributed by atoms with Crippen LogP contribution < -0.4 is 0 Å². The van der Waals surface area contributed by atoms with Crippen LogP contribution in [0, 0.1) is 0 Å². The van der Waals surface area contributed by atoms with Crippen LogP contribution in [-0.2, 0) is 18.4 Å². The van der Waals surface area contributed by atoms with Crippen LogP contribution in [0.1, 0.15) is 24.8 Å². The van der Waals surface area contributed by atoms with Gasteiger partial charge in [0, 0.05) is 63.5 Å². The topological polar surface area (TPSA) is 44.6 Å². The number of fused-ring (bicyclic) bond motifs is 1. The van der Waals surface area contributed by atoms with Gasteiger partial charge in [-0.05, 0) is 26.9 Å². The number of likely N-dealkylation sites (N-methyl/N-ethyl adjacent to an activating group) is 1. The fraction of sp³-hybridized carbons (Fsp3) is 0.750. The Morgan fingerprint density at radius 2 is 2.14 bits per heavy atom. The lowest BCUT2D eigenvalue weighted by Crippen LogP contribution is -2.53. The third-order valence-corrected chi connectivity index (χ3v) is 4.93. The Balaban J connectivity index is 1.65. The molecule has 2 saturated heterocycles. The third-order valence-electron chi connectivity index (χ3n) is 4.93. The molecule has 1 aromatic heterocycles. The number of nitrogens with zero attached hydrogens (tertiary/aromatic N) is 5. The van der Waals surface area contributed by atoms with Crippen LogP contribution in [0.2, 0.25) is 0 Å². The molecule has 1 aromatic rings. The van der Waals surface area contributed by atoms with Crippen molar-refractivity contribution in [2.24, 2.45) is 7.05 Å². The largest absolute Gasteiger partial charge is 0.337 e. The van der Waals surface area contributed by atoms with Crippen molar-refractivity contribution in [3.05, 3.63) is 18.0 Å². The summed E-state index contributed by atoms with van der Waals surface area (Å²) in [6.45, 7) is 3.83. The molecule has 0 aromatic carbocycles. The van der Waals surface area contributed by atoms with Crippen LogP contribution >= 0.6 is 0 Å². The maximum absolute atomic E-state index is 12.3. The molecule has 22 heavy (non-hydrogen) atoms. The molecule has 2 aliphatic heterocycles. The first-order valence-electron chi connectivity index (χ1n) is 8.20. The van der Waals surface area contributed by atoms with Gasteiger partial charge < -0.3 is 9.80 Å². The molecule has 3 heterocycles. The van der Waals surface area contributed by atoms with Gasteiger partial charge in [0.25, 0.3) is 0 Å². The highest BCUT2D eigenvalue weighted by Crippen LogP contribution is 2.32. The van der Waals surface area contributed by atoms with Crippen molar-refractivity contribution in [1.29, 1.82) is 0 Å². The zero-order valence-electron chi connectivity index (χ0n) is 13.9. The summed E-state index contributed by atoms with van der Waals surface area (Å²) in [7, 11) is 6.09. The zero-order chi connectivity index (χ0) is 15.7. The summed E-state index contributed by atoms with van der Waals surface area (Å²) in [5, 5.41) is 4.26. The molecule has 0 radical (unpaired) electrons. The van der Waals surface area contributed by atoms with E-state index in [1.807, 2.05) is 17.9 Å². The molecule has 6 nitrogen and oxygen atoms in total. The summed E-state index contributed by atoms with van der Waals surface area (Å²) < 4.78 is 1.86. The van der Waals surface area contributed by atoms with E-state index in [0.717, 1.165) is 39.0 Å². The van der Waals surface area contributed by atoms with E-state index in [9.17, 15) is 4.79 Å². The van der Waals surface area contributed by atoms with Crippen molar-refractivity contribution in [2.75, 3.05) is 33.7 Å². The molecular formula is C16H27N5O. The van der Waals surface area contributed by atoms with E-state index in [1.54, 1.807) is 0 Å². The molecule has 0 unspecified atom stereocenters. The second-order valence-electron chi connectivity index (χ2n) is 6.85. The normalized spacial score (nSPS) is 26.0. The van der Waals surface area contributed by atoms with Crippen LogP contribution in [0.4, 0.5) is 0 Å². The zero-order valence-corrected chi connectivity index (χ0v) is 13.9. The Morgan fingerprint density at radius 3 is 2.82 bits per heavy atom. The van der Waals surface area contributed by atoms with Crippen molar-refractivity contribution >= 4 is 5.91 Å². The lowest BCUT2D eigenvalue weighted by atomic mass is 9.96. The number of rotatable bonds is 5. The fourth-order valence-electron chi connectivity index (χ4n) is 3.82. The number of aromatic nitrogens is 2. The van der Waals surface area contributed by atoms with Crippen molar-refractivity contribution in [1.82, 2.24) is 24.5 Å². The molecule has 3 rings (SSSR count). The van der Waals surface area contributed by atoms with Crippen molar-refractivity contribution < 1.29 is 4.79 Å². The molecule has 0 aliphatic carbocycles. The minimum absolute atomic E-state index is 0.339. The van der Waals surface area contributed by atoms with E-state index in [0.29, 0.717) is 24.4 Å². The Kier molecular flexibility index (Phi) is 4.49. The standard InChI is InChI=1S/C16H27N5O/c1-18(2)8-9-21-15-6-7-20(14(15)4-5-16(21)22)12-13-10-17-19(3)11-13/h10-11,14-15H,4-9,12H2,1-3H3/t14-,15-/m1/s1. The summed E-state index contributed by atoms with van der Waals surface area (Å²) in [5.74, 6) is 0.339. The van der Waals surface area contributed by atoms with Crippen molar-refractivity contribution in [3.8, 4) is 0 Å². The average Bonchev–Trinajstić information content (AvgIpc) is 3.05. The number of hydrogen-bond acceptors (Lipinski definition) is 4. The van der Waals surface area contributed by atoms with Gasteiger partial charge in [0.1, 0.15) is 0 Å². The van der Waals surface area contributed by atoms with E-state index in [2.05, 4.69) is 40.1 Å². The van der Waals surface area contributed by atoms with E-state index in [1.165, 1.54) is 5.56 Å². The Bertz CT molecular complexity index is 526. The van der Waals surface area contributed by atoms with Gasteiger partial charge in [-0.1, -0.05) is 0 Å². The van der Waals surface area contributed by atoms with Gasteiger partial charge in [-0.3, -0.25) is 14.4 Å². The molecule has 2 atom stereocenters. The van der Waals surface area contributed by atoms with Gasteiger partial charge in [-0.25, -0.2) is 0 Å². The number of aryl methyl sites for hydroxylation is 1. The van der Waals surface area contributed by atoms with Crippen LogP contribution in [0.5, 0.6) is 0 Å². The van der Waals surface area contributed by atoms with E-state index >= 15 is 0 Å². The third kappa shape index (κ3) is 3.17. The Hall–Kier alpha value is -1.40. The Morgan fingerprint density at radius 1 is 1.32 bits per heavy atom. The minimum Gasteiger partial charge on any atom is -0.337 e. The summed E-state index contributed by atoms with van der Waals surface area (Å²) in [6.07, 6.45) is 6.83. The van der Waals surface area contributed by atoms with Gasteiger partial charge in [0.15, 0.2) is 0 Å². The highest BCUT2D eigenvalue weighted by molar-refractivity contribution is 5.77. The maximum atomic E-state index is 12.3. The highest BCUT2D eigenvalue weighted by Gasteiger charge is 2.42. The minimum atomic E-state index is 0.339. The average molecular weight is 305 g/mol. The van der Waals surface area contributed by atoms with E-state index < -0.39 is 0 Å². The van der Waals surface area contributed by atoms with Crippen LogP contribution in [0.25, 0.3) is 0 Å². The molecule has 6 heteroatoms. The predicted molar refractivity (Wildman–Crippen MR) is 85.3 cm³/mol. The number of carbonyl (C=O) groups excluding carboxylic acids is 1. The molecule has 0 N–H and O–H groups in total. The van der Waals surface area contributed by atoms with Gasteiger partial charge in [-0.15, -0.1) is 0 Å². The first kappa shape index (κ1) is 15.5. The second kappa shape index (κ2) is 6.38. The SMILES string of the molecule is CN(C)CCN1C(=O)CC[C@@H]2[C@H]1CCN2Cc1cnn(C)c1. The summed E-state index contributed by atoms with van der Waals surface area (Å²) >= 11 is 0. The maximum Gasteiger partial charge on any atom is 0.222 e. The molecule has 0 saturated carbocycles. The van der Waals surface area contributed by atoms with Crippen LogP contribution in [0.3, 0.4) is 0 Å². The van der Waals surface area contributed by atoms with Crippen molar-refractivity contribution in [2.45, 2.75) is 37.9 Å². The molecule has 0 bridgehead atoms. The number of amides is 1. The number of likely N-dealkylation sites (tertiary alicyclic amines) is 2. The van der Waals surface area contributed by atoms with E-state index in [-0.39, 0.29) is 0 Å². The highest BCUT2D eigenvalue weighted by atomic mass is 16.2. The molecular weight excluding hydrogens is 278 g/mol. The first-order chi connectivity index (χ1) is 10.5. The number of hydrogen-bond donors (Lipinski definition) is 0. The fourth-order valence-corrected chi connectivity index (χ4v) is 3.82. The molecule has 2 fully saturated rings. The van der Waals surface area contributed by atoms with Crippen LogP contribution in [0.15, 0.2) is 12.4 Å². The van der Waals surface area contributed by atoms with Crippen LogP contribution in [-0.4, -0.2) is 76.2 Å². The van der Waals surface area contributed by atoms with Gasteiger partial charge in [0.2, 0.25) is 5.91 Å². The summed E-state index contributed by atoms with van der Waals surface area (Å²) in [5.41, 5.74) is 1.26. The molecule has 2 aliphatic rings. The lowest BCUT2D eigenvalue weighted by Gasteiger charge is -2.40. The molecule has 1 amide bonds. The smallest absolute Gasteiger partial charge is 0.222 e. The summed E-state index contributed by atoms with van der Waals surface area (Å²) in [6, 6.07) is 0.915. The molecule has 122 valence electrons.